The second kappa shape index (κ2) is 7.61. The molecule has 3 heterocycles. The van der Waals surface area contributed by atoms with E-state index in [4.69, 9.17) is 4.74 Å². The number of nitrogens with zero attached hydrogens (tertiary/aromatic N) is 5. The highest BCUT2D eigenvalue weighted by molar-refractivity contribution is 5.96. The first-order valence-corrected chi connectivity index (χ1v) is 10.5. The van der Waals surface area contributed by atoms with E-state index in [-0.39, 0.29) is 18.0 Å². The third kappa shape index (κ3) is 3.80. The number of pyridine rings is 1. The molecule has 0 radical (unpaired) electrons. The summed E-state index contributed by atoms with van der Waals surface area (Å²) in [7, 11) is 1.66. The normalized spacial score (nSPS) is 16.8. The second-order valence-corrected chi connectivity index (χ2v) is 9.23. The molecule has 4 rings (SSSR count). The molecule has 1 fully saturated rings. The van der Waals surface area contributed by atoms with Gasteiger partial charge >= 0.3 is 12.1 Å². The van der Waals surface area contributed by atoms with Crippen molar-refractivity contribution in [3.05, 3.63) is 47.0 Å². The lowest BCUT2D eigenvalue weighted by molar-refractivity contribution is 0.0192. The summed E-state index contributed by atoms with van der Waals surface area (Å²) in [6, 6.07) is 3.08. The van der Waals surface area contributed by atoms with Crippen molar-refractivity contribution < 1.29 is 24.2 Å². The summed E-state index contributed by atoms with van der Waals surface area (Å²) >= 11 is 0. The highest BCUT2D eigenvalue weighted by Crippen LogP contribution is 2.51. The molecule has 0 spiro atoms. The Hall–Kier alpha value is -3.43. The van der Waals surface area contributed by atoms with Crippen LogP contribution < -0.4 is 0 Å². The van der Waals surface area contributed by atoms with Gasteiger partial charge in [0.1, 0.15) is 5.60 Å². The number of hydrogen-bond acceptors (Lipinski definition) is 6. The fourth-order valence-electron chi connectivity index (χ4n) is 4.08. The van der Waals surface area contributed by atoms with Crippen LogP contribution in [0.2, 0.25) is 0 Å². The first kappa shape index (κ1) is 21.8. The molecular formula is C22H27N5O5. The van der Waals surface area contributed by atoms with Gasteiger partial charge in [0.05, 0.1) is 47.3 Å². The molecule has 0 aromatic carbocycles. The fraction of sp³-hybridized carbons (Fsp3) is 0.500. The highest BCUT2D eigenvalue weighted by Gasteiger charge is 2.53. The average Bonchev–Trinajstić information content (AvgIpc) is 3.44. The largest absolute Gasteiger partial charge is 0.478 e. The standard InChI is InChI=1S/C22H27N5O5/c1-21(2,3)32-20(31)26-10-11-27-16(13-26)15(12-24-27)18(28)25(4)22(7-8-22)17-14(19(29)30)6-5-9-23-17/h5-6,9,12H,7-8,10-11,13H2,1-4H3,(H,29,30). The predicted molar refractivity (Wildman–Crippen MR) is 113 cm³/mol. The molecule has 0 bridgehead atoms. The van der Waals surface area contributed by atoms with Crippen LogP contribution in [-0.4, -0.2) is 66.8 Å². The summed E-state index contributed by atoms with van der Waals surface area (Å²) in [5, 5.41) is 13.9. The molecule has 0 saturated heterocycles. The van der Waals surface area contributed by atoms with E-state index in [1.54, 1.807) is 54.6 Å². The van der Waals surface area contributed by atoms with E-state index < -0.39 is 23.2 Å². The van der Waals surface area contributed by atoms with Crippen LogP contribution in [-0.2, 0) is 23.4 Å². The number of fused-ring (bicyclic) bond motifs is 1. The summed E-state index contributed by atoms with van der Waals surface area (Å²) in [4.78, 5) is 45.2. The molecule has 170 valence electrons. The van der Waals surface area contributed by atoms with E-state index in [0.29, 0.717) is 42.9 Å². The topological polar surface area (TPSA) is 118 Å². The molecule has 2 aromatic heterocycles. The second-order valence-electron chi connectivity index (χ2n) is 9.23. The molecule has 0 unspecified atom stereocenters. The average molecular weight is 441 g/mol. The maximum atomic E-state index is 13.5. The summed E-state index contributed by atoms with van der Waals surface area (Å²) in [6.45, 7) is 6.52. The summed E-state index contributed by atoms with van der Waals surface area (Å²) in [6.07, 6.45) is 3.87. The Morgan fingerprint density at radius 3 is 2.53 bits per heavy atom. The fourth-order valence-corrected chi connectivity index (χ4v) is 4.08. The first-order valence-electron chi connectivity index (χ1n) is 10.5. The Morgan fingerprint density at radius 2 is 1.91 bits per heavy atom. The van der Waals surface area contributed by atoms with Gasteiger partial charge in [-0.05, 0) is 45.7 Å². The van der Waals surface area contributed by atoms with Crippen LogP contribution in [0, 0.1) is 0 Å². The van der Waals surface area contributed by atoms with Crippen molar-refractivity contribution in [3.8, 4) is 0 Å². The number of carbonyl (C=O) groups is 3. The van der Waals surface area contributed by atoms with Crippen LogP contribution in [0.3, 0.4) is 0 Å². The SMILES string of the molecule is CN(C(=O)c1cnn2c1CN(C(=O)OC(C)(C)C)CC2)C1(c2ncccc2C(=O)O)CC1. The monoisotopic (exact) mass is 441 g/mol. The molecule has 1 saturated carbocycles. The number of carboxylic acid groups (broad SMARTS) is 1. The number of ether oxygens (including phenoxy) is 1. The lowest BCUT2D eigenvalue weighted by atomic mass is 10.0. The predicted octanol–water partition coefficient (Wildman–Crippen LogP) is 2.49. The number of rotatable bonds is 4. The van der Waals surface area contributed by atoms with Gasteiger partial charge in [-0.15, -0.1) is 0 Å². The lowest BCUT2D eigenvalue weighted by Gasteiger charge is -2.32. The van der Waals surface area contributed by atoms with Crippen LogP contribution in [0.5, 0.6) is 0 Å². The van der Waals surface area contributed by atoms with Gasteiger partial charge in [-0.3, -0.25) is 14.5 Å². The Morgan fingerprint density at radius 1 is 1.19 bits per heavy atom. The van der Waals surface area contributed by atoms with Gasteiger partial charge in [0.25, 0.3) is 5.91 Å². The smallest absolute Gasteiger partial charge is 0.410 e. The zero-order valence-electron chi connectivity index (χ0n) is 18.7. The van der Waals surface area contributed by atoms with E-state index in [0.717, 1.165) is 0 Å². The Kier molecular flexibility index (Phi) is 5.18. The van der Waals surface area contributed by atoms with Gasteiger partial charge in [-0.2, -0.15) is 5.10 Å². The van der Waals surface area contributed by atoms with Crippen molar-refractivity contribution in [1.29, 1.82) is 0 Å². The highest BCUT2D eigenvalue weighted by atomic mass is 16.6. The van der Waals surface area contributed by atoms with Gasteiger partial charge in [-0.25, -0.2) is 9.59 Å². The van der Waals surface area contributed by atoms with Gasteiger partial charge in [0.2, 0.25) is 0 Å². The number of aromatic nitrogens is 3. The molecule has 1 aliphatic carbocycles. The number of carbonyl (C=O) groups excluding carboxylic acids is 2. The summed E-state index contributed by atoms with van der Waals surface area (Å²) in [5.74, 6) is -1.35. The summed E-state index contributed by atoms with van der Waals surface area (Å²) < 4.78 is 7.20. The molecule has 32 heavy (non-hydrogen) atoms. The quantitative estimate of drug-likeness (QED) is 0.774. The van der Waals surface area contributed by atoms with E-state index in [9.17, 15) is 19.5 Å². The Bertz CT molecular complexity index is 1080. The van der Waals surface area contributed by atoms with Crippen molar-refractivity contribution >= 4 is 18.0 Å². The first-order chi connectivity index (χ1) is 15.0. The van der Waals surface area contributed by atoms with Gasteiger partial charge in [0.15, 0.2) is 0 Å². The zero-order valence-corrected chi connectivity index (χ0v) is 18.7. The van der Waals surface area contributed by atoms with Crippen molar-refractivity contribution in [1.82, 2.24) is 24.6 Å². The Labute approximate surface area is 185 Å². The number of hydrogen-bond donors (Lipinski definition) is 1. The molecule has 10 heteroatoms. The molecule has 2 aliphatic rings. The van der Waals surface area contributed by atoms with E-state index >= 15 is 0 Å². The third-order valence-corrected chi connectivity index (χ3v) is 5.90. The van der Waals surface area contributed by atoms with Gasteiger partial charge in [0, 0.05) is 19.8 Å². The zero-order chi connectivity index (χ0) is 23.3. The Balaban J connectivity index is 1.59. The lowest BCUT2D eigenvalue weighted by Crippen LogP contribution is -2.43. The minimum atomic E-state index is -1.07. The molecule has 0 atom stereocenters. The van der Waals surface area contributed by atoms with E-state index in [1.165, 1.54) is 12.3 Å². The van der Waals surface area contributed by atoms with Crippen LogP contribution >= 0.6 is 0 Å². The minimum absolute atomic E-state index is 0.0952. The van der Waals surface area contributed by atoms with Crippen LogP contribution in [0.25, 0.3) is 0 Å². The van der Waals surface area contributed by atoms with E-state index in [1.807, 2.05) is 0 Å². The molecular weight excluding hydrogens is 414 g/mol. The van der Waals surface area contributed by atoms with Gasteiger partial charge in [-0.1, -0.05) is 0 Å². The van der Waals surface area contributed by atoms with Crippen LogP contribution in [0.1, 0.15) is 65.7 Å². The third-order valence-electron chi connectivity index (χ3n) is 5.90. The van der Waals surface area contributed by atoms with Crippen molar-refractivity contribution in [3.63, 3.8) is 0 Å². The van der Waals surface area contributed by atoms with Gasteiger partial charge < -0.3 is 19.6 Å². The van der Waals surface area contributed by atoms with Crippen LogP contribution in [0.15, 0.2) is 24.5 Å². The molecule has 1 N–H and O–H groups in total. The van der Waals surface area contributed by atoms with Crippen molar-refractivity contribution in [2.45, 2.75) is 57.8 Å². The maximum Gasteiger partial charge on any atom is 0.410 e. The van der Waals surface area contributed by atoms with Crippen molar-refractivity contribution in [2.75, 3.05) is 13.6 Å². The molecule has 1 aliphatic heterocycles. The number of carboxylic acids is 1. The molecule has 2 aromatic rings. The molecule has 2 amide bonds. The van der Waals surface area contributed by atoms with Crippen molar-refractivity contribution in [2.24, 2.45) is 0 Å². The minimum Gasteiger partial charge on any atom is -0.478 e. The number of aromatic carboxylic acids is 1. The summed E-state index contributed by atoms with van der Waals surface area (Å²) in [5.41, 5.74) is 0.128. The maximum absolute atomic E-state index is 13.5. The van der Waals surface area contributed by atoms with E-state index in [2.05, 4.69) is 10.1 Å². The van der Waals surface area contributed by atoms with Crippen LogP contribution in [0.4, 0.5) is 4.79 Å². The number of amides is 2. The molecule has 10 nitrogen and oxygen atoms in total.